The summed E-state index contributed by atoms with van der Waals surface area (Å²) in [4.78, 5) is 15.0. The summed E-state index contributed by atoms with van der Waals surface area (Å²) >= 11 is 0. The van der Waals surface area contributed by atoms with E-state index in [-0.39, 0.29) is 16.7 Å². The highest BCUT2D eigenvalue weighted by Gasteiger charge is 2.21. The average Bonchev–Trinajstić information content (AvgIpc) is 2.43. The first kappa shape index (κ1) is 14.2. The van der Waals surface area contributed by atoms with Gasteiger partial charge in [-0.3, -0.25) is 10.1 Å². The highest BCUT2D eigenvalue weighted by molar-refractivity contribution is 5.95. The van der Waals surface area contributed by atoms with E-state index in [9.17, 15) is 10.1 Å². The van der Waals surface area contributed by atoms with Gasteiger partial charge in [0, 0.05) is 11.4 Å². The highest BCUT2D eigenvalue weighted by Crippen LogP contribution is 2.32. The predicted octanol–water partition coefficient (Wildman–Crippen LogP) is 3.99. The number of pyridine rings is 1. The zero-order valence-corrected chi connectivity index (χ0v) is 12.0. The molecule has 0 amide bonds. The first-order valence-electron chi connectivity index (χ1n) is 6.83. The molecule has 0 fully saturated rings. The first-order valence-corrected chi connectivity index (χ1v) is 6.83. The number of benzene rings is 1. The summed E-state index contributed by atoms with van der Waals surface area (Å²) in [7, 11) is 0. The van der Waals surface area contributed by atoms with Crippen LogP contribution in [-0.2, 0) is 0 Å². The molecule has 1 unspecified atom stereocenters. The first-order chi connectivity index (χ1) is 9.54. The number of nitrogens with one attached hydrogen (secondary N) is 1. The van der Waals surface area contributed by atoms with E-state index >= 15 is 0 Å². The Morgan fingerprint density at radius 3 is 2.65 bits per heavy atom. The molecular weight excluding hydrogens is 254 g/mol. The van der Waals surface area contributed by atoms with Gasteiger partial charge in [0.2, 0.25) is 0 Å². The summed E-state index contributed by atoms with van der Waals surface area (Å²) in [5.74, 6) is 0.395. The number of nitro groups is 1. The van der Waals surface area contributed by atoms with Gasteiger partial charge in [-0.1, -0.05) is 39.0 Å². The van der Waals surface area contributed by atoms with E-state index in [2.05, 4.69) is 31.1 Å². The number of nitrogens with zero attached hydrogens (tertiary/aromatic N) is 2. The van der Waals surface area contributed by atoms with Crippen molar-refractivity contribution < 1.29 is 4.92 Å². The third-order valence-corrected chi connectivity index (χ3v) is 3.53. The van der Waals surface area contributed by atoms with Crippen molar-refractivity contribution >= 4 is 22.3 Å². The summed E-state index contributed by atoms with van der Waals surface area (Å²) < 4.78 is 0. The summed E-state index contributed by atoms with van der Waals surface area (Å²) in [5, 5.41) is 15.4. The molecule has 1 aromatic carbocycles. The molecule has 1 N–H and O–H groups in total. The Balaban J connectivity index is 2.57. The van der Waals surface area contributed by atoms with E-state index in [4.69, 9.17) is 0 Å². The smallest absolute Gasteiger partial charge is 0.311 e. The van der Waals surface area contributed by atoms with Crippen LogP contribution < -0.4 is 5.32 Å². The summed E-state index contributed by atoms with van der Waals surface area (Å²) in [6.45, 7) is 6.29. The quantitative estimate of drug-likeness (QED) is 0.660. The predicted molar refractivity (Wildman–Crippen MR) is 80.9 cm³/mol. The maximum absolute atomic E-state index is 11.2. The van der Waals surface area contributed by atoms with Crippen LogP contribution in [0, 0.1) is 16.0 Å². The van der Waals surface area contributed by atoms with Crippen LogP contribution in [0.3, 0.4) is 0 Å². The van der Waals surface area contributed by atoms with Crippen LogP contribution in [0.15, 0.2) is 30.5 Å². The second kappa shape index (κ2) is 5.86. The Bertz CT molecular complexity index is 626. The molecule has 2 aromatic rings. The Hall–Kier alpha value is -2.17. The minimum Gasteiger partial charge on any atom is -0.376 e. The normalized spacial score (nSPS) is 12.6. The molecule has 0 aliphatic heterocycles. The zero-order chi connectivity index (χ0) is 14.7. The second-order valence-electron chi connectivity index (χ2n) is 5.20. The Labute approximate surface area is 118 Å². The molecule has 0 saturated heterocycles. The van der Waals surface area contributed by atoms with Crippen molar-refractivity contribution in [1.29, 1.82) is 0 Å². The van der Waals surface area contributed by atoms with Crippen molar-refractivity contribution in [3.8, 4) is 0 Å². The molecule has 5 nitrogen and oxygen atoms in total. The SMILES string of the molecule is CCC(Nc1c([N+](=O)[O-])cnc2ccccc12)C(C)C. The third kappa shape index (κ3) is 2.71. The monoisotopic (exact) mass is 273 g/mol. The van der Waals surface area contributed by atoms with Crippen molar-refractivity contribution in [3.05, 3.63) is 40.6 Å². The van der Waals surface area contributed by atoms with E-state index in [0.717, 1.165) is 17.3 Å². The van der Waals surface area contributed by atoms with Gasteiger partial charge < -0.3 is 5.32 Å². The third-order valence-electron chi connectivity index (χ3n) is 3.53. The maximum Gasteiger partial charge on any atom is 0.311 e. The zero-order valence-electron chi connectivity index (χ0n) is 12.0. The van der Waals surface area contributed by atoms with Crippen LogP contribution in [0.5, 0.6) is 0 Å². The lowest BCUT2D eigenvalue weighted by molar-refractivity contribution is -0.384. The van der Waals surface area contributed by atoms with Crippen LogP contribution >= 0.6 is 0 Å². The molecule has 106 valence electrons. The fourth-order valence-electron chi connectivity index (χ4n) is 2.35. The van der Waals surface area contributed by atoms with Gasteiger partial charge in [0.15, 0.2) is 0 Å². The van der Waals surface area contributed by atoms with E-state index < -0.39 is 0 Å². The van der Waals surface area contributed by atoms with Gasteiger partial charge >= 0.3 is 5.69 Å². The van der Waals surface area contributed by atoms with Gasteiger partial charge in [0.1, 0.15) is 11.9 Å². The van der Waals surface area contributed by atoms with Crippen LogP contribution in [0.1, 0.15) is 27.2 Å². The lowest BCUT2D eigenvalue weighted by Gasteiger charge is -2.22. The number of hydrogen-bond acceptors (Lipinski definition) is 4. The summed E-state index contributed by atoms with van der Waals surface area (Å²) in [5.41, 5.74) is 1.36. The molecule has 0 aliphatic carbocycles. The number of para-hydroxylation sites is 1. The average molecular weight is 273 g/mol. The summed E-state index contributed by atoms with van der Waals surface area (Å²) in [6.07, 6.45) is 2.24. The van der Waals surface area contributed by atoms with E-state index in [1.807, 2.05) is 24.3 Å². The molecule has 0 saturated carbocycles. The van der Waals surface area contributed by atoms with Crippen molar-refractivity contribution in [1.82, 2.24) is 4.98 Å². The minimum atomic E-state index is -0.380. The highest BCUT2D eigenvalue weighted by atomic mass is 16.6. The number of hydrogen-bond donors (Lipinski definition) is 1. The Morgan fingerprint density at radius 1 is 1.35 bits per heavy atom. The molecule has 0 radical (unpaired) electrons. The Kier molecular flexibility index (Phi) is 4.17. The molecule has 0 aliphatic rings. The number of anilines is 1. The van der Waals surface area contributed by atoms with E-state index in [1.165, 1.54) is 6.20 Å². The standard InChI is InChI=1S/C15H19N3O2/c1-4-12(10(2)3)17-15-11-7-5-6-8-13(11)16-9-14(15)18(19)20/h5-10,12H,4H2,1-3H3,(H,16,17). The van der Waals surface area contributed by atoms with Crippen LogP contribution in [0.2, 0.25) is 0 Å². The Morgan fingerprint density at radius 2 is 2.05 bits per heavy atom. The number of aromatic nitrogens is 1. The molecule has 0 bridgehead atoms. The van der Waals surface area contributed by atoms with Crippen molar-refractivity contribution in [2.45, 2.75) is 33.2 Å². The fourth-order valence-corrected chi connectivity index (χ4v) is 2.35. The fraction of sp³-hybridized carbons (Fsp3) is 0.400. The van der Waals surface area contributed by atoms with Gasteiger partial charge in [-0.15, -0.1) is 0 Å². The topological polar surface area (TPSA) is 68.1 Å². The molecule has 1 aromatic heterocycles. The van der Waals surface area contributed by atoms with Crippen molar-refractivity contribution in [2.24, 2.45) is 5.92 Å². The van der Waals surface area contributed by atoms with E-state index in [0.29, 0.717) is 11.6 Å². The van der Waals surface area contributed by atoms with E-state index in [1.54, 1.807) is 0 Å². The van der Waals surface area contributed by atoms with Gasteiger partial charge in [-0.05, 0) is 18.4 Å². The molecule has 2 rings (SSSR count). The second-order valence-corrected chi connectivity index (χ2v) is 5.20. The molecule has 0 spiro atoms. The molecule has 5 heteroatoms. The molecule has 1 atom stereocenters. The van der Waals surface area contributed by atoms with Crippen molar-refractivity contribution in [2.75, 3.05) is 5.32 Å². The van der Waals surface area contributed by atoms with Crippen LogP contribution in [0.4, 0.5) is 11.4 Å². The number of rotatable bonds is 5. The molecule has 1 heterocycles. The van der Waals surface area contributed by atoms with Gasteiger partial charge in [-0.25, -0.2) is 4.98 Å². The largest absolute Gasteiger partial charge is 0.376 e. The van der Waals surface area contributed by atoms with Crippen LogP contribution in [-0.4, -0.2) is 15.9 Å². The molecule has 20 heavy (non-hydrogen) atoms. The van der Waals surface area contributed by atoms with Crippen LogP contribution in [0.25, 0.3) is 10.9 Å². The molecular formula is C15H19N3O2. The van der Waals surface area contributed by atoms with Crippen molar-refractivity contribution in [3.63, 3.8) is 0 Å². The number of fused-ring (bicyclic) bond motifs is 1. The lowest BCUT2D eigenvalue weighted by atomic mass is 10.0. The lowest BCUT2D eigenvalue weighted by Crippen LogP contribution is -2.25. The minimum absolute atomic E-state index is 0.0304. The van der Waals surface area contributed by atoms with Gasteiger partial charge in [-0.2, -0.15) is 0 Å². The maximum atomic E-state index is 11.2. The summed E-state index contributed by atoms with van der Waals surface area (Å²) in [6, 6.07) is 7.67. The van der Waals surface area contributed by atoms with Gasteiger partial charge in [0.25, 0.3) is 0 Å². The van der Waals surface area contributed by atoms with Gasteiger partial charge in [0.05, 0.1) is 10.4 Å².